The van der Waals surface area contributed by atoms with Crippen LogP contribution in [0.3, 0.4) is 0 Å². The Morgan fingerprint density at radius 3 is 3.05 bits per heavy atom. The van der Waals surface area contributed by atoms with E-state index in [0.29, 0.717) is 0 Å². The largest absolute Gasteiger partial charge is 0.357 e. The van der Waals surface area contributed by atoms with Crippen LogP contribution in [0.2, 0.25) is 0 Å². The summed E-state index contributed by atoms with van der Waals surface area (Å²) in [7, 11) is 0. The molecule has 0 spiro atoms. The first-order valence-electron chi connectivity index (χ1n) is 7.82. The molecule has 1 aromatic rings. The number of thioether (sulfide) groups is 1. The standard InChI is InChI=1S/C15H26N4S2/c1-3-16-15(18-10-13-6-5-9-20-13)17-8-4-7-14-19-12(2)11-21-14/h11,13H,3-10H2,1-2H3,(H2,16,17,18). The highest BCUT2D eigenvalue weighted by Crippen LogP contribution is 2.25. The van der Waals surface area contributed by atoms with Crippen molar-refractivity contribution >= 4 is 29.1 Å². The maximum absolute atomic E-state index is 4.70. The number of rotatable bonds is 7. The van der Waals surface area contributed by atoms with Gasteiger partial charge in [0, 0.05) is 35.8 Å². The molecule has 21 heavy (non-hydrogen) atoms. The number of aromatic nitrogens is 1. The molecule has 1 fully saturated rings. The fourth-order valence-electron chi connectivity index (χ4n) is 2.29. The van der Waals surface area contributed by atoms with Gasteiger partial charge in [0.1, 0.15) is 0 Å². The second-order valence-electron chi connectivity index (χ2n) is 5.27. The first-order valence-corrected chi connectivity index (χ1v) is 9.75. The fourth-order valence-corrected chi connectivity index (χ4v) is 4.29. The molecule has 1 aliphatic heterocycles. The summed E-state index contributed by atoms with van der Waals surface area (Å²) in [5.41, 5.74) is 1.13. The lowest BCUT2D eigenvalue weighted by Gasteiger charge is -2.12. The molecule has 1 atom stereocenters. The fraction of sp³-hybridized carbons (Fsp3) is 0.733. The summed E-state index contributed by atoms with van der Waals surface area (Å²) in [6.07, 6.45) is 4.80. The summed E-state index contributed by atoms with van der Waals surface area (Å²) < 4.78 is 0. The molecule has 0 amide bonds. The number of aryl methyl sites for hydroxylation is 2. The van der Waals surface area contributed by atoms with Crippen LogP contribution >= 0.6 is 23.1 Å². The molecular weight excluding hydrogens is 300 g/mol. The van der Waals surface area contributed by atoms with Gasteiger partial charge in [-0.25, -0.2) is 4.98 Å². The molecule has 1 saturated heterocycles. The zero-order chi connectivity index (χ0) is 14.9. The maximum Gasteiger partial charge on any atom is 0.191 e. The van der Waals surface area contributed by atoms with E-state index in [-0.39, 0.29) is 0 Å². The first-order chi connectivity index (χ1) is 10.3. The zero-order valence-electron chi connectivity index (χ0n) is 13.0. The van der Waals surface area contributed by atoms with Crippen LogP contribution in [0.25, 0.3) is 0 Å². The molecule has 6 heteroatoms. The Balaban J connectivity index is 1.67. The topological polar surface area (TPSA) is 49.3 Å². The van der Waals surface area contributed by atoms with E-state index in [2.05, 4.69) is 46.6 Å². The highest BCUT2D eigenvalue weighted by molar-refractivity contribution is 8.00. The average molecular weight is 327 g/mol. The van der Waals surface area contributed by atoms with Crippen molar-refractivity contribution in [3.05, 3.63) is 16.1 Å². The highest BCUT2D eigenvalue weighted by atomic mass is 32.2. The van der Waals surface area contributed by atoms with Gasteiger partial charge < -0.3 is 10.6 Å². The Hall–Kier alpha value is -0.750. The van der Waals surface area contributed by atoms with Gasteiger partial charge in [-0.15, -0.1) is 11.3 Å². The molecular formula is C15H26N4S2. The van der Waals surface area contributed by atoms with E-state index in [1.807, 2.05) is 0 Å². The van der Waals surface area contributed by atoms with Crippen molar-refractivity contribution in [2.75, 3.05) is 25.4 Å². The smallest absolute Gasteiger partial charge is 0.191 e. The molecule has 2 rings (SSSR count). The van der Waals surface area contributed by atoms with Crippen LogP contribution < -0.4 is 10.6 Å². The quantitative estimate of drug-likeness (QED) is 0.459. The van der Waals surface area contributed by atoms with E-state index < -0.39 is 0 Å². The Morgan fingerprint density at radius 1 is 1.48 bits per heavy atom. The number of aliphatic imine (C=N–C) groups is 1. The van der Waals surface area contributed by atoms with Crippen molar-refractivity contribution in [1.29, 1.82) is 0 Å². The van der Waals surface area contributed by atoms with Crippen LogP contribution in [0.4, 0.5) is 0 Å². The summed E-state index contributed by atoms with van der Waals surface area (Å²) in [5, 5.41) is 10.8. The number of nitrogens with zero attached hydrogens (tertiary/aromatic N) is 2. The predicted molar refractivity (Wildman–Crippen MR) is 94.6 cm³/mol. The third-order valence-corrected chi connectivity index (χ3v) is 5.75. The van der Waals surface area contributed by atoms with Gasteiger partial charge >= 0.3 is 0 Å². The van der Waals surface area contributed by atoms with E-state index in [9.17, 15) is 0 Å². The van der Waals surface area contributed by atoms with Crippen LogP contribution in [-0.2, 0) is 6.42 Å². The van der Waals surface area contributed by atoms with Crippen molar-refractivity contribution in [2.24, 2.45) is 4.99 Å². The van der Waals surface area contributed by atoms with Crippen molar-refractivity contribution in [1.82, 2.24) is 15.6 Å². The van der Waals surface area contributed by atoms with Crippen molar-refractivity contribution < 1.29 is 0 Å². The summed E-state index contributed by atoms with van der Waals surface area (Å²) in [5.74, 6) is 2.26. The second kappa shape index (κ2) is 9.30. The molecule has 2 N–H and O–H groups in total. The Kier molecular flexibility index (Phi) is 7.36. The minimum absolute atomic E-state index is 0.721. The molecule has 118 valence electrons. The van der Waals surface area contributed by atoms with Crippen LogP contribution in [0.5, 0.6) is 0 Å². The van der Waals surface area contributed by atoms with Gasteiger partial charge in [0.05, 0.1) is 11.6 Å². The Labute approximate surface area is 136 Å². The Bertz CT molecular complexity index is 439. The third-order valence-electron chi connectivity index (χ3n) is 3.35. The van der Waals surface area contributed by atoms with Gasteiger partial charge in [0.25, 0.3) is 0 Å². The second-order valence-corrected chi connectivity index (χ2v) is 7.62. The first kappa shape index (κ1) is 16.6. The molecule has 1 unspecified atom stereocenters. The lowest BCUT2D eigenvalue weighted by Crippen LogP contribution is -2.38. The zero-order valence-corrected chi connectivity index (χ0v) is 14.7. The number of hydrogen-bond donors (Lipinski definition) is 2. The summed E-state index contributed by atoms with van der Waals surface area (Å²) >= 11 is 3.82. The van der Waals surface area contributed by atoms with E-state index in [1.165, 1.54) is 23.6 Å². The Morgan fingerprint density at radius 2 is 2.38 bits per heavy atom. The van der Waals surface area contributed by atoms with E-state index in [4.69, 9.17) is 4.99 Å². The number of nitrogens with one attached hydrogen (secondary N) is 2. The SMILES string of the molecule is CCNC(=NCC1CCCS1)NCCCc1nc(C)cs1. The van der Waals surface area contributed by atoms with Gasteiger partial charge in [-0.1, -0.05) is 0 Å². The normalized spacial score (nSPS) is 19.0. The summed E-state index contributed by atoms with van der Waals surface area (Å²) in [4.78, 5) is 9.20. The maximum atomic E-state index is 4.70. The van der Waals surface area contributed by atoms with E-state index >= 15 is 0 Å². The molecule has 4 nitrogen and oxygen atoms in total. The predicted octanol–water partition coefficient (Wildman–Crippen LogP) is 2.83. The van der Waals surface area contributed by atoms with Gasteiger partial charge in [-0.3, -0.25) is 4.99 Å². The van der Waals surface area contributed by atoms with Gasteiger partial charge in [0.15, 0.2) is 5.96 Å². The van der Waals surface area contributed by atoms with Gasteiger partial charge in [-0.2, -0.15) is 11.8 Å². The third kappa shape index (κ3) is 6.26. The molecule has 1 aliphatic rings. The molecule has 0 bridgehead atoms. The number of guanidine groups is 1. The van der Waals surface area contributed by atoms with Gasteiger partial charge in [-0.05, 0) is 38.9 Å². The average Bonchev–Trinajstić information content (AvgIpc) is 3.12. The van der Waals surface area contributed by atoms with E-state index in [1.54, 1.807) is 11.3 Å². The van der Waals surface area contributed by atoms with Crippen molar-refractivity contribution in [2.45, 2.75) is 44.8 Å². The number of hydrogen-bond acceptors (Lipinski definition) is 4. The minimum atomic E-state index is 0.721. The monoisotopic (exact) mass is 326 g/mol. The van der Waals surface area contributed by atoms with Crippen LogP contribution in [0, 0.1) is 6.92 Å². The molecule has 0 radical (unpaired) electrons. The van der Waals surface area contributed by atoms with Crippen molar-refractivity contribution in [3.8, 4) is 0 Å². The molecule has 0 aliphatic carbocycles. The summed E-state index contributed by atoms with van der Waals surface area (Å²) in [6, 6.07) is 0. The molecule has 0 saturated carbocycles. The molecule has 2 heterocycles. The minimum Gasteiger partial charge on any atom is -0.357 e. The van der Waals surface area contributed by atoms with Crippen LogP contribution in [-0.4, -0.2) is 41.6 Å². The number of thiazole rings is 1. The van der Waals surface area contributed by atoms with Crippen LogP contribution in [0.15, 0.2) is 10.4 Å². The summed E-state index contributed by atoms with van der Waals surface area (Å²) in [6.45, 7) is 6.96. The van der Waals surface area contributed by atoms with Crippen molar-refractivity contribution in [3.63, 3.8) is 0 Å². The van der Waals surface area contributed by atoms with Gasteiger partial charge in [0.2, 0.25) is 0 Å². The highest BCUT2D eigenvalue weighted by Gasteiger charge is 2.14. The lowest BCUT2D eigenvalue weighted by atomic mass is 10.2. The lowest BCUT2D eigenvalue weighted by molar-refractivity contribution is 0.731. The molecule has 1 aromatic heterocycles. The van der Waals surface area contributed by atoms with Crippen LogP contribution in [0.1, 0.15) is 36.9 Å². The molecule has 0 aromatic carbocycles. The van der Waals surface area contributed by atoms with E-state index in [0.717, 1.165) is 49.4 Å².